The number of carbonyl (C=O) groups excluding carboxylic acids is 2. The van der Waals surface area contributed by atoms with Crippen LogP contribution in [0.15, 0.2) is 42.6 Å². The molecule has 0 fully saturated rings. The Balaban J connectivity index is 1.57. The average molecular weight is 523 g/mol. The number of aromatic nitrogens is 4. The zero-order valence-corrected chi connectivity index (χ0v) is 19.9. The molecule has 1 amide bonds. The maximum Gasteiger partial charge on any atom is 0.387 e. The molecule has 2 aromatic carbocycles. The van der Waals surface area contributed by atoms with Gasteiger partial charge in [-0.25, -0.2) is 19.3 Å². The molecular formula is C26H20F3N5O4. The third kappa shape index (κ3) is 3.79. The Bertz CT molecular complexity index is 1620. The summed E-state index contributed by atoms with van der Waals surface area (Å²) in [4.78, 5) is 38.2. The zero-order valence-electron chi connectivity index (χ0n) is 19.9. The minimum atomic E-state index is -3.32. The highest BCUT2D eigenvalue weighted by Gasteiger charge is 2.43. The Morgan fingerprint density at radius 2 is 2.05 bits per heavy atom. The number of fused-ring (bicyclic) bond motifs is 9. The first kappa shape index (κ1) is 24.0. The van der Waals surface area contributed by atoms with E-state index in [4.69, 9.17) is 0 Å². The van der Waals surface area contributed by atoms with Gasteiger partial charge in [-0.1, -0.05) is 12.1 Å². The van der Waals surface area contributed by atoms with Crippen LogP contribution in [0.25, 0.3) is 11.0 Å². The van der Waals surface area contributed by atoms with Crippen molar-refractivity contribution in [3.05, 3.63) is 82.4 Å². The third-order valence-corrected chi connectivity index (χ3v) is 6.85. The van der Waals surface area contributed by atoms with Gasteiger partial charge >= 0.3 is 6.61 Å². The van der Waals surface area contributed by atoms with Crippen LogP contribution in [-0.2, 0) is 6.42 Å². The first-order valence-electron chi connectivity index (χ1n) is 11.8. The summed E-state index contributed by atoms with van der Waals surface area (Å²) in [5.41, 5.74) is 1.90. The van der Waals surface area contributed by atoms with E-state index in [1.54, 1.807) is 0 Å². The molecule has 38 heavy (non-hydrogen) atoms. The molecule has 12 heteroatoms. The minimum absolute atomic E-state index is 0.00215. The quantitative estimate of drug-likeness (QED) is 0.371. The molecule has 0 saturated heterocycles. The number of alkyl halides is 2. The van der Waals surface area contributed by atoms with E-state index >= 15 is 4.39 Å². The van der Waals surface area contributed by atoms with E-state index in [1.165, 1.54) is 19.2 Å². The topological polar surface area (TPSA) is 119 Å². The molecule has 9 nitrogen and oxygen atoms in total. The lowest BCUT2D eigenvalue weighted by atomic mass is 9.90. The number of ketones is 1. The molecule has 2 aliphatic rings. The van der Waals surface area contributed by atoms with Gasteiger partial charge in [-0.15, -0.1) is 0 Å². The number of para-hydroxylation sites is 2. The lowest BCUT2D eigenvalue weighted by molar-refractivity contribution is -0.0523. The highest BCUT2D eigenvalue weighted by Crippen LogP contribution is 2.47. The summed E-state index contributed by atoms with van der Waals surface area (Å²) in [5, 5.41) is 12.5. The van der Waals surface area contributed by atoms with Crippen LogP contribution >= 0.6 is 0 Å². The zero-order chi connectivity index (χ0) is 26.7. The number of aliphatic hydroxyl groups is 1. The number of hydrogen-bond donors (Lipinski definition) is 2. The van der Waals surface area contributed by atoms with Gasteiger partial charge in [0.15, 0.2) is 17.4 Å². The van der Waals surface area contributed by atoms with E-state index < -0.39 is 48.1 Å². The van der Waals surface area contributed by atoms with Crippen molar-refractivity contribution in [2.45, 2.75) is 44.6 Å². The van der Waals surface area contributed by atoms with Crippen LogP contribution in [0.4, 0.5) is 13.2 Å². The number of carbonyl (C=O) groups is 2. The molecule has 1 unspecified atom stereocenters. The number of benzene rings is 2. The first-order valence-corrected chi connectivity index (χ1v) is 11.8. The monoisotopic (exact) mass is 523 g/mol. The van der Waals surface area contributed by atoms with E-state index in [0.29, 0.717) is 23.3 Å². The van der Waals surface area contributed by atoms with E-state index in [1.807, 2.05) is 28.8 Å². The molecule has 2 aliphatic heterocycles. The van der Waals surface area contributed by atoms with Crippen molar-refractivity contribution in [2.24, 2.45) is 0 Å². The SMILES string of the molecule is CC(O)C(=O)c1nccc(Cc2c(F)c(OC(F)F)cc3c2[C@H]2C[C@@H](NC3=O)c3nc4ccccc4n32)n1. The molecule has 2 bridgehead atoms. The Morgan fingerprint density at radius 1 is 1.26 bits per heavy atom. The summed E-state index contributed by atoms with van der Waals surface area (Å²) in [5.74, 6) is -2.79. The van der Waals surface area contributed by atoms with Crippen LogP contribution in [0.3, 0.4) is 0 Å². The van der Waals surface area contributed by atoms with Crippen LogP contribution < -0.4 is 10.1 Å². The normalized spacial score (nSPS) is 18.6. The molecule has 2 aromatic heterocycles. The van der Waals surface area contributed by atoms with Gasteiger partial charge < -0.3 is 19.7 Å². The van der Waals surface area contributed by atoms with Gasteiger partial charge in [-0.3, -0.25) is 9.59 Å². The fourth-order valence-corrected chi connectivity index (χ4v) is 5.28. The van der Waals surface area contributed by atoms with Crippen LogP contribution in [0.2, 0.25) is 0 Å². The molecule has 194 valence electrons. The van der Waals surface area contributed by atoms with Crippen molar-refractivity contribution < 1.29 is 32.6 Å². The molecule has 0 aliphatic carbocycles. The van der Waals surface area contributed by atoms with Gasteiger partial charge in [-0.2, -0.15) is 8.78 Å². The van der Waals surface area contributed by atoms with Crippen LogP contribution in [0.1, 0.15) is 69.1 Å². The maximum atomic E-state index is 15.9. The molecule has 4 aromatic rings. The third-order valence-electron chi connectivity index (χ3n) is 6.85. The highest BCUT2D eigenvalue weighted by molar-refractivity contribution is 5.98. The van der Waals surface area contributed by atoms with Crippen molar-refractivity contribution >= 4 is 22.7 Å². The Labute approximate surface area is 213 Å². The van der Waals surface area contributed by atoms with Gasteiger partial charge in [0, 0.05) is 29.4 Å². The van der Waals surface area contributed by atoms with Crippen molar-refractivity contribution in [3.63, 3.8) is 0 Å². The summed E-state index contributed by atoms with van der Waals surface area (Å²) in [6.45, 7) is -2.05. The molecule has 2 N–H and O–H groups in total. The summed E-state index contributed by atoms with van der Waals surface area (Å²) in [6, 6.07) is 8.80. The number of halogens is 3. The van der Waals surface area contributed by atoms with Crippen molar-refractivity contribution in [1.29, 1.82) is 0 Å². The first-order chi connectivity index (χ1) is 18.2. The van der Waals surface area contributed by atoms with Gasteiger partial charge in [0.05, 0.1) is 23.1 Å². The molecule has 0 spiro atoms. The fraction of sp³-hybridized carbons (Fsp3) is 0.269. The van der Waals surface area contributed by atoms with Crippen molar-refractivity contribution in [1.82, 2.24) is 24.8 Å². The number of amides is 1. The number of rotatable bonds is 6. The summed E-state index contributed by atoms with van der Waals surface area (Å²) < 4.78 is 48.7. The van der Waals surface area contributed by atoms with Gasteiger partial charge in [0.2, 0.25) is 5.78 Å². The molecule has 0 radical (unpaired) electrons. The molecule has 6 rings (SSSR count). The van der Waals surface area contributed by atoms with E-state index in [2.05, 4.69) is 25.0 Å². The molecule has 3 atom stereocenters. The van der Waals surface area contributed by atoms with E-state index in [0.717, 1.165) is 11.6 Å². The lowest BCUT2D eigenvalue weighted by Gasteiger charge is -2.23. The Kier molecular flexibility index (Phi) is 5.64. The number of Topliss-reactive ketones (excluding diaryl/α,β-unsaturated/α-hetero) is 1. The van der Waals surface area contributed by atoms with Gasteiger partial charge in [-0.05, 0) is 43.2 Å². The van der Waals surface area contributed by atoms with Crippen molar-refractivity contribution in [2.75, 3.05) is 0 Å². The minimum Gasteiger partial charge on any atom is -0.432 e. The van der Waals surface area contributed by atoms with Gasteiger partial charge in [0.25, 0.3) is 5.91 Å². The summed E-state index contributed by atoms with van der Waals surface area (Å²) in [6.07, 6.45) is 0.0535. The second-order valence-corrected chi connectivity index (χ2v) is 9.20. The maximum absolute atomic E-state index is 15.9. The number of ether oxygens (including phenoxy) is 1. The van der Waals surface area contributed by atoms with Gasteiger partial charge in [0.1, 0.15) is 11.9 Å². The largest absolute Gasteiger partial charge is 0.432 e. The highest BCUT2D eigenvalue weighted by atomic mass is 19.3. The number of nitrogens with one attached hydrogen (secondary N) is 1. The van der Waals surface area contributed by atoms with E-state index in [9.17, 15) is 23.5 Å². The lowest BCUT2D eigenvalue weighted by Crippen LogP contribution is -2.28. The summed E-state index contributed by atoms with van der Waals surface area (Å²) >= 11 is 0. The Hall–Kier alpha value is -4.32. The molecule has 4 heterocycles. The molecular weight excluding hydrogens is 503 g/mol. The number of imidazole rings is 1. The Morgan fingerprint density at radius 3 is 2.82 bits per heavy atom. The predicted octanol–water partition coefficient (Wildman–Crippen LogP) is 3.50. The smallest absolute Gasteiger partial charge is 0.387 e. The van der Waals surface area contributed by atoms with Crippen molar-refractivity contribution in [3.8, 4) is 5.75 Å². The standard InChI is InChI=1S/C26H20F3N5O4/c1-11(35)22(36)23-30-7-6-12(31-23)8-13-20-14(9-19(21(13)27)38-26(28)29)25(37)33-16-10-18(20)34-17-5-3-2-4-15(17)32-24(16)34/h2-7,9,11,16,18,26,35H,8,10H2,1H3,(H,33,37)/t11?,16-,18-/m1/s1. The van der Waals surface area contributed by atoms with Crippen LogP contribution in [0.5, 0.6) is 5.75 Å². The predicted molar refractivity (Wildman–Crippen MR) is 127 cm³/mol. The number of hydrogen-bond acceptors (Lipinski definition) is 7. The number of aliphatic hydroxyl groups excluding tert-OH is 1. The fourth-order valence-electron chi connectivity index (χ4n) is 5.28. The van der Waals surface area contributed by atoms with Crippen LogP contribution in [-0.4, -0.2) is 49.0 Å². The van der Waals surface area contributed by atoms with Crippen LogP contribution in [0, 0.1) is 5.82 Å². The average Bonchev–Trinajstić information content (AvgIpc) is 3.38. The van der Waals surface area contributed by atoms with E-state index in [-0.39, 0.29) is 29.1 Å². The molecule has 0 saturated carbocycles. The second-order valence-electron chi connectivity index (χ2n) is 9.20. The second kappa shape index (κ2) is 8.91. The summed E-state index contributed by atoms with van der Waals surface area (Å²) in [7, 11) is 0. The number of nitrogens with zero attached hydrogens (tertiary/aromatic N) is 4.